The predicted octanol–water partition coefficient (Wildman–Crippen LogP) is 4.79. The van der Waals surface area contributed by atoms with Gasteiger partial charge in [0.25, 0.3) is 5.88 Å². The van der Waals surface area contributed by atoms with Gasteiger partial charge < -0.3 is 14.0 Å². The molecule has 0 N–H and O–H groups in total. The normalized spacial score (nSPS) is 21.3. The Labute approximate surface area is 202 Å². The fraction of sp³-hybridized carbons (Fsp3) is 0.455. The highest BCUT2D eigenvalue weighted by atomic mass is 79.9. The van der Waals surface area contributed by atoms with Crippen LogP contribution in [0.3, 0.4) is 0 Å². The fourth-order valence-electron chi connectivity index (χ4n) is 3.75. The van der Waals surface area contributed by atoms with Crippen molar-refractivity contribution in [2.45, 2.75) is 64.5 Å². The van der Waals surface area contributed by atoms with Gasteiger partial charge in [-0.15, -0.1) is 0 Å². The third-order valence-corrected chi connectivity index (χ3v) is 6.83. The van der Waals surface area contributed by atoms with Crippen molar-refractivity contribution in [2.75, 3.05) is 0 Å². The summed E-state index contributed by atoms with van der Waals surface area (Å²) in [6, 6.07) is 4.89. The van der Waals surface area contributed by atoms with Crippen molar-refractivity contribution in [1.82, 2.24) is 14.6 Å². The molecule has 182 valence electrons. The summed E-state index contributed by atoms with van der Waals surface area (Å²) >= 11 is 3.47. The molecule has 4 rings (SSSR count). The average molecular weight is 544 g/mol. The van der Waals surface area contributed by atoms with E-state index >= 15 is 0 Å². The molecule has 0 spiro atoms. The molecule has 3 aromatic rings. The Balaban J connectivity index is 1.57. The monoisotopic (exact) mass is 543 g/mol. The lowest BCUT2D eigenvalue weighted by Gasteiger charge is -2.36. The summed E-state index contributed by atoms with van der Waals surface area (Å²) in [4.78, 5) is 3.73. The first-order chi connectivity index (χ1) is 15.7. The number of nitrogens with zero attached hydrogens (tertiary/aromatic N) is 3. The van der Waals surface area contributed by atoms with Crippen molar-refractivity contribution < 1.29 is 31.6 Å². The Morgan fingerprint density at radius 3 is 2.59 bits per heavy atom. The highest BCUT2D eigenvalue weighted by Crippen LogP contribution is 2.40. The van der Waals surface area contributed by atoms with Crippen LogP contribution in [-0.2, 0) is 15.7 Å². The summed E-state index contributed by atoms with van der Waals surface area (Å²) in [5.74, 6) is -1.77. The van der Waals surface area contributed by atoms with Crippen molar-refractivity contribution in [3.8, 4) is 5.88 Å². The van der Waals surface area contributed by atoms with E-state index < -0.39 is 42.3 Å². The minimum atomic E-state index is -4.64. The molecule has 0 radical (unpaired) electrons. The van der Waals surface area contributed by atoms with E-state index in [1.165, 1.54) is 6.20 Å². The van der Waals surface area contributed by atoms with E-state index in [4.69, 9.17) is 9.31 Å². The second kappa shape index (κ2) is 8.49. The SMILES string of the molecule is Cc1c(CC2(C)OB(c3cnc(O[C@H](C)C(F)(F)F)c(F)c3)OC2(C)C)nn2ccc(Br)cc12. The van der Waals surface area contributed by atoms with Gasteiger partial charge in [0.1, 0.15) is 0 Å². The van der Waals surface area contributed by atoms with Crippen LogP contribution in [0, 0.1) is 12.7 Å². The quantitative estimate of drug-likeness (QED) is 0.342. The molecular weight excluding hydrogens is 521 g/mol. The summed E-state index contributed by atoms with van der Waals surface area (Å²) in [7, 11) is -0.970. The number of pyridine rings is 2. The molecule has 0 saturated carbocycles. The second-order valence-corrected chi connectivity index (χ2v) is 10.0. The van der Waals surface area contributed by atoms with Gasteiger partial charge in [0.15, 0.2) is 11.9 Å². The highest BCUT2D eigenvalue weighted by Gasteiger charge is 2.55. The highest BCUT2D eigenvalue weighted by molar-refractivity contribution is 9.10. The van der Waals surface area contributed by atoms with Gasteiger partial charge in [-0.25, -0.2) is 13.9 Å². The molecule has 2 atom stereocenters. The lowest BCUT2D eigenvalue weighted by atomic mass is 9.80. The van der Waals surface area contributed by atoms with Crippen molar-refractivity contribution in [3.63, 3.8) is 0 Å². The van der Waals surface area contributed by atoms with E-state index in [0.717, 1.165) is 34.2 Å². The molecule has 3 aromatic heterocycles. The maximum absolute atomic E-state index is 14.5. The maximum Gasteiger partial charge on any atom is 0.496 e. The number of fused-ring (bicyclic) bond motifs is 1. The third-order valence-electron chi connectivity index (χ3n) is 6.34. The van der Waals surface area contributed by atoms with Crippen LogP contribution < -0.4 is 10.2 Å². The van der Waals surface area contributed by atoms with Crippen molar-refractivity contribution >= 4 is 34.0 Å². The largest absolute Gasteiger partial charge is 0.496 e. The number of aromatic nitrogens is 3. The molecule has 0 amide bonds. The van der Waals surface area contributed by atoms with Crippen molar-refractivity contribution in [3.05, 3.63) is 52.1 Å². The van der Waals surface area contributed by atoms with E-state index in [0.29, 0.717) is 6.42 Å². The molecule has 0 aromatic carbocycles. The first kappa shape index (κ1) is 24.9. The summed E-state index contributed by atoms with van der Waals surface area (Å²) in [5, 5.41) is 4.68. The Hall–Kier alpha value is -2.18. The van der Waals surface area contributed by atoms with E-state index in [-0.39, 0.29) is 5.46 Å². The molecule has 1 saturated heterocycles. The van der Waals surface area contributed by atoms with E-state index in [1.54, 1.807) is 4.52 Å². The third kappa shape index (κ3) is 4.55. The number of halogens is 5. The average Bonchev–Trinajstić information content (AvgIpc) is 3.15. The summed E-state index contributed by atoms with van der Waals surface area (Å²) < 4.78 is 72.4. The smallest absolute Gasteiger partial charge is 0.463 e. The van der Waals surface area contributed by atoms with Gasteiger partial charge in [-0.2, -0.15) is 18.3 Å². The first-order valence-electron chi connectivity index (χ1n) is 10.6. The number of hydrogen-bond donors (Lipinski definition) is 0. The molecule has 34 heavy (non-hydrogen) atoms. The minimum Gasteiger partial charge on any atom is -0.463 e. The summed E-state index contributed by atoms with van der Waals surface area (Å²) in [6.45, 7) is 8.38. The van der Waals surface area contributed by atoms with E-state index in [9.17, 15) is 17.6 Å². The Bertz CT molecular complexity index is 1240. The Morgan fingerprint density at radius 2 is 1.94 bits per heavy atom. The van der Waals surface area contributed by atoms with Gasteiger partial charge in [0.05, 0.1) is 22.4 Å². The molecular formula is C22H23BBrF4N3O3. The lowest BCUT2D eigenvalue weighted by molar-refractivity contribution is -0.190. The van der Waals surface area contributed by atoms with Gasteiger partial charge in [-0.05, 0) is 58.4 Å². The van der Waals surface area contributed by atoms with Gasteiger partial charge in [0, 0.05) is 28.8 Å². The number of hydrogen-bond acceptors (Lipinski definition) is 5. The predicted molar refractivity (Wildman–Crippen MR) is 122 cm³/mol. The lowest BCUT2D eigenvalue weighted by Crippen LogP contribution is -2.46. The maximum atomic E-state index is 14.5. The zero-order valence-electron chi connectivity index (χ0n) is 19.2. The molecule has 1 aliphatic rings. The van der Waals surface area contributed by atoms with Gasteiger partial charge in [-0.1, -0.05) is 15.9 Å². The van der Waals surface area contributed by atoms with E-state index in [2.05, 4.69) is 30.7 Å². The van der Waals surface area contributed by atoms with Crippen molar-refractivity contribution in [1.29, 1.82) is 0 Å². The van der Waals surface area contributed by atoms with Crippen LogP contribution in [-0.4, -0.2) is 45.2 Å². The summed E-state index contributed by atoms with van der Waals surface area (Å²) in [5.41, 5.74) is 1.38. The first-order valence-corrected chi connectivity index (χ1v) is 11.4. The van der Waals surface area contributed by atoms with Crippen LogP contribution >= 0.6 is 15.9 Å². The molecule has 6 nitrogen and oxygen atoms in total. The molecule has 1 fully saturated rings. The molecule has 4 heterocycles. The molecule has 12 heteroatoms. The Morgan fingerprint density at radius 1 is 1.24 bits per heavy atom. The standard InChI is InChI=1S/C22H23BBrF4N3O3/c1-12-17(30-31-7-6-15(24)9-18(12)31)10-21(5)20(3,4)33-23(34-21)14-8-16(25)19(29-11-14)32-13(2)22(26,27)28/h6-9,11,13H,10H2,1-5H3/t13-,21?/m1/s1. The van der Waals surface area contributed by atoms with Crippen LogP contribution in [0.4, 0.5) is 17.6 Å². The van der Waals surface area contributed by atoms with Gasteiger partial charge >= 0.3 is 13.3 Å². The minimum absolute atomic E-state index is 0.233. The summed E-state index contributed by atoms with van der Waals surface area (Å²) in [6.07, 6.45) is -3.36. The van der Waals surface area contributed by atoms with E-state index in [1.807, 2.05) is 46.0 Å². The fourth-order valence-corrected chi connectivity index (χ4v) is 4.08. The van der Waals surface area contributed by atoms with Gasteiger partial charge in [-0.3, -0.25) is 0 Å². The van der Waals surface area contributed by atoms with Crippen LogP contribution in [0.2, 0.25) is 0 Å². The van der Waals surface area contributed by atoms with Gasteiger partial charge in [0.2, 0.25) is 0 Å². The number of rotatable bonds is 5. The van der Waals surface area contributed by atoms with Crippen LogP contribution in [0.25, 0.3) is 5.52 Å². The second-order valence-electron chi connectivity index (χ2n) is 9.09. The topological polar surface area (TPSA) is 57.9 Å². The van der Waals surface area contributed by atoms with Crippen LogP contribution in [0.1, 0.15) is 39.0 Å². The molecule has 0 bridgehead atoms. The molecule has 1 aliphatic heterocycles. The van der Waals surface area contributed by atoms with Crippen LogP contribution in [0.5, 0.6) is 5.88 Å². The zero-order valence-corrected chi connectivity index (χ0v) is 20.8. The Kier molecular flexibility index (Phi) is 6.23. The van der Waals surface area contributed by atoms with Crippen LogP contribution in [0.15, 0.2) is 35.1 Å². The zero-order chi connectivity index (χ0) is 25.1. The number of ether oxygens (including phenoxy) is 1. The number of alkyl halides is 3. The van der Waals surface area contributed by atoms with Crippen molar-refractivity contribution in [2.24, 2.45) is 0 Å². The molecule has 1 unspecified atom stereocenters. The number of aryl methyl sites for hydroxylation is 1. The molecule has 0 aliphatic carbocycles.